The molecule has 4 N–H and O–H groups in total. The molecule has 0 aromatic heterocycles. The van der Waals surface area contributed by atoms with Gasteiger partial charge in [0, 0.05) is 11.0 Å². The van der Waals surface area contributed by atoms with Gasteiger partial charge in [-0.05, 0) is 17.7 Å². The van der Waals surface area contributed by atoms with E-state index < -0.39 is 12.2 Å². The van der Waals surface area contributed by atoms with Gasteiger partial charge in [0.1, 0.15) is 6.10 Å². The zero-order valence-electron chi connectivity index (χ0n) is 7.02. The molecule has 0 aliphatic heterocycles. The molecule has 0 aliphatic rings. The van der Waals surface area contributed by atoms with E-state index in [2.05, 4.69) is 15.9 Å². The fourth-order valence-corrected chi connectivity index (χ4v) is 1.46. The third kappa shape index (κ3) is 2.77. The van der Waals surface area contributed by atoms with E-state index in [1.807, 2.05) is 6.07 Å². The van der Waals surface area contributed by atoms with Crippen molar-refractivity contribution in [2.75, 3.05) is 6.54 Å². The maximum Gasteiger partial charge on any atom is 0.106 e. The van der Waals surface area contributed by atoms with Gasteiger partial charge in [-0.15, -0.1) is 0 Å². The summed E-state index contributed by atoms with van der Waals surface area (Å²) in [6.45, 7) is 0.0493. The van der Waals surface area contributed by atoms with Crippen molar-refractivity contribution in [2.24, 2.45) is 5.73 Å². The average Bonchev–Trinajstić information content (AvgIpc) is 2.15. The number of aliphatic hydroxyl groups excluding tert-OH is 2. The molecule has 1 aromatic carbocycles. The summed E-state index contributed by atoms with van der Waals surface area (Å²) in [4.78, 5) is 0. The Bertz CT molecular complexity index is 280. The summed E-state index contributed by atoms with van der Waals surface area (Å²) in [6.07, 6.45) is -1.82. The van der Waals surface area contributed by atoms with Crippen LogP contribution in [-0.2, 0) is 0 Å². The fraction of sp³-hybridized carbons (Fsp3) is 0.333. The number of hydrogen-bond donors (Lipinski definition) is 3. The zero-order valence-corrected chi connectivity index (χ0v) is 8.61. The van der Waals surface area contributed by atoms with Crippen molar-refractivity contribution in [1.29, 1.82) is 0 Å². The van der Waals surface area contributed by atoms with Crippen molar-refractivity contribution in [3.63, 3.8) is 0 Å². The van der Waals surface area contributed by atoms with E-state index >= 15 is 0 Å². The summed E-state index contributed by atoms with van der Waals surface area (Å²) in [5.74, 6) is 0. The molecule has 1 rings (SSSR count). The quantitative estimate of drug-likeness (QED) is 0.739. The van der Waals surface area contributed by atoms with Crippen molar-refractivity contribution in [3.8, 4) is 0 Å². The lowest BCUT2D eigenvalue weighted by atomic mass is 10.1. The molecule has 0 aliphatic carbocycles. The molecule has 1 aromatic rings. The molecule has 0 spiro atoms. The van der Waals surface area contributed by atoms with Crippen LogP contribution >= 0.6 is 15.9 Å². The van der Waals surface area contributed by atoms with Gasteiger partial charge in [0.2, 0.25) is 0 Å². The SMILES string of the molecule is NC[C@H](O)[C@@H](O)c1cccc(Br)c1. The molecule has 0 amide bonds. The Labute approximate surface area is 85.3 Å². The number of aliphatic hydroxyl groups is 2. The van der Waals surface area contributed by atoms with Gasteiger partial charge in [-0.2, -0.15) is 0 Å². The Morgan fingerprint density at radius 1 is 1.38 bits per heavy atom. The standard InChI is InChI=1S/C9H12BrNO2/c10-7-3-1-2-6(4-7)9(13)8(12)5-11/h1-4,8-9,12-13H,5,11H2/t8-,9-/m0/s1. The molecule has 3 nitrogen and oxygen atoms in total. The van der Waals surface area contributed by atoms with E-state index in [-0.39, 0.29) is 6.54 Å². The van der Waals surface area contributed by atoms with Gasteiger partial charge in [0.15, 0.2) is 0 Å². The first-order valence-electron chi connectivity index (χ1n) is 3.97. The van der Waals surface area contributed by atoms with Crippen LogP contribution < -0.4 is 5.73 Å². The summed E-state index contributed by atoms with van der Waals surface area (Å²) in [5, 5.41) is 18.8. The van der Waals surface area contributed by atoms with E-state index in [1.165, 1.54) is 0 Å². The Hall–Kier alpha value is -0.420. The minimum Gasteiger partial charge on any atom is -0.389 e. The van der Waals surface area contributed by atoms with E-state index in [9.17, 15) is 10.2 Å². The maximum absolute atomic E-state index is 9.56. The largest absolute Gasteiger partial charge is 0.389 e. The maximum atomic E-state index is 9.56. The molecule has 0 unspecified atom stereocenters. The second-order valence-corrected chi connectivity index (χ2v) is 3.72. The highest BCUT2D eigenvalue weighted by molar-refractivity contribution is 9.10. The summed E-state index contributed by atoms with van der Waals surface area (Å²) >= 11 is 3.28. The number of nitrogens with two attached hydrogens (primary N) is 1. The molecule has 0 fully saturated rings. The highest BCUT2D eigenvalue weighted by Crippen LogP contribution is 2.20. The highest BCUT2D eigenvalue weighted by Gasteiger charge is 2.16. The fourth-order valence-electron chi connectivity index (χ4n) is 1.04. The summed E-state index contributed by atoms with van der Waals surface area (Å²) < 4.78 is 0.869. The van der Waals surface area contributed by atoms with Crippen LogP contribution in [0.5, 0.6) is 0 Å². The second-order valence-electron chi connectivity index (χ2n) is 2.80. The van der Waals surface area contributed by atoms with Crippen molar-refractivity contribution >= 4 is 15.9 Å². The van der Waals surface area contributed by atoms with E-state index in [1.54, 1.807) is 18.2 Å². The lowest BCUT2D eigenvalue weighted by Crippen LogP contribution is -2.27. The average molecular weight is 246 g/mol. The topological polar surface area (TPSA) is 66.5 Å². The Balaban J connectivity index is 2.82. The van der Waals surface area contributed by atoms with Crippen molar-refractivity contribution in [2.45, 2.75) is 12.2 Å². The molecule has 13 heavy (non-hydrogen) atoms. The first-order chi connectivity index (χ1) is 6.15. The van der Waals surface area contributed by atoms with E-state index in [4.69, 9.17) is 5.73 Å². The minimum absolute atomic E-state index is 0.0493. The van der Waals surface area contributed by atoms with Gasteiger partial charge in [0.05, 0.1) is 6.10 Å². The van der Waals surface area contributed by atoms with E-state index in [0.29, 0.717) is 5.56 Å². The van der Waals surface area contributed by atoms with Crippen LogP contribution in [0, 0.1) is 0 Å². The molecule has 72 valence electrons. The molecular formula is C9H12BrNO2. The molecule has 0 bridgehead atoms. The first-order valence-corrected chi connectivity index (χ1v) is 4.76. The monoisotopic (exact) mass is 245 g/mol. The van der Waals surface area contributed by atoms with Crippen LogP contribution in [0.15, 0.2) is 28.7 Å². The van der Waals surface area contributed by atoms with Gasteiger partial charge >= 0.3 is 0 Å². The van der Waals surface area contributed by atoms with E-state index in [0.717, 1.165) is 4.47 Å². The third-order valence-electron chi connectivity index (χ3n) is 1.80. The molecule has 0 radical (unpaired) electrons. The molecule has 2 atom stereocenters. The summed E-state index contributed by atoms with van der Waals surface area (Å²) in [5.41, 5.74) is 5.89. The van der Waals surface area contributed by atoms with Crippen LogP contribution in [-0.4, -0.2) is 22.9 Å². The molecule has 0 saturated carbocycles. The van der Waals surface area contributed by atoms with Gasteiger partial charge < -0.3 is 15.9 Å². The Morgan fingerprint density at radius 2 is 2.08 bits per heavy atom. The molecule has 4 heteroatoms. The normalized spacial score (nSPS) is 15.4. The molecular weight excluding hydrogens is 234 g/mol. The third-order valence-corrected chi connectivity index (χ3v) is 2.29. The summed E-state index contributed by atoms with van der Waals surface area (Å²) in [7, 11) is 0. The van der Waals surface area contributed by atoms with Crippen molar-refractivity contribution < 1.29 is 10.2 Å². The van der Waals surface area contributed by atoms with Crippen LogP contribution in [0.25, 0.3) is 0 Å². The second kappa shape index (κ2) is 4.72. The lowest BCUT2D eigenvalue weighted by molar-refractivity contribution is 0.0243. The van der Waals surface area contributed by atoms with Crippen molar-refractivity contribution in [1.82, 2.24) is 0 Å². The minimum atomic E-state index is -0.914. The Morgan fingerprint density at radius 3 is 2.62 bits per heavy atom. The molecule has 0 heterocycles. The predicted molar refractivity (Wildman–Crippen MR) is 54.2 cm³/mol. The van der Waals surface area contributed by atoms with Crippen LogP contribution in [0.2, 0.25) is 0 Å². The van der Waals surface area contributed by atoms with Crippen LogP contribution in [0.3, 0.4) is 0 Å². The number of benzene rings is 1. The van der Waals surface area contributed by atoms with Crippen molar-refractivity contribution in [3.05, 3.63) is 34.3 Å². The van der Waals surface area contributed by atoms with Crippen LogP contribution in [0.1, 0.15) is 11.7 Å². The van der Waals surface area contributed by atoms with Crippen LogP contribution in [0.4, 0.5) is 0 Å². The Kier molecular flexibility index (Phi) is 3.87. The van der Waals surface area contributed by atoms with Gasteiger partial charge in [-0.1, -0.05) is 28.1 Å². The number of rotatable bonds is 3. The molecule has 0 saturated heterocycles. The van der Waals surface area contributed by atoms with Gasteiger partial charge in [0.25, 0.3) is 0 Å². The van der Waals surface area contributed by atoms with Gasteiger partial charge in [-0.25, -0.2) is 0 Å². The zero-order chi connectivity index (χ0) is 9.84. The lowest BCUT2D eigenvalue weighted by Gasteiger charge is -2.16. The van der Waals surface area contributed by atoms with Gasteiger partial charge in [-0.3, -0.25) is 0 Å². The summed E-state index contributed by atoms with van der Waals surface area (Å²) in [6, 6.07) is 7.15. The number of halogens is 1. The predicted octanol–water partition coefficient (Wildman–Crippen LogP) is 0.802. The number of hydrogen-bond acceptors (Lipinski definition) is 3. The first kappa shape index (κ1) is 10.7. The smallest absolute Gasteiger partial charge is 0.106 e. The highest BCUT2D eigenvalue weighted by atomic mass is 79.9.